The van der Waals surface area contributed by atoms with E-state index in [0.29, 0.717) is 17.6 Å². The molecule has 0 bridgehead atoms. The third-order valence-electron chi connectivity index (χ3n) is 4.43. The quantitative estimate of drug-likeness (QED) is 0.926. The molecule has 0 spiro atoms. The highest BCUT2D eigenvalue weighted by molar-refractivity contribution is 5.68. The van der Waals surface area contributed by atoms with Gasteiger partial charge in [-0.05, 0) is 44.7 Å². The van der Waals surface area contributed by atoms with Crippen LogP contribution in [0.5, 0.6) is 11.6 Å². The Hall–Kier alpha value is -2.30. The van der Waals surface area contributed by atoms with E-state index in [1.165, 1.54) is 31.2 Å². The Labute approximate surface area is 137 Å². The van der Waals surface area contributed by atoms with Gasteiger partial charge in [0.05, 0.1) is 0 Å². The van der Waals surface area contributed by atoms with Crippen molar-refractivity contribution < 1.29 is 4.74 Å². The van der Waals surface area contributed by atoms with Gasteiger partial charge < -0.3 is 15.4 Å². The van der Waals surface area contributed by atoms with E-state index < -0.39 is 0 Å². The number of nitrogens with two attached hydrogens (primary N) is 1. The lowest BCUT2D eigenvalue weighted by molar-refractivity contribution is 0.442. The van der Waals surface area contributed by atoms with Gasteiger partial charge in [0.15, 0.2) is 5.82 Å². The van der Waals surface area contributed by atoms with E-state index in [0.717, 1.165) is 24.5 Å². The Kier molecular flexibility index (Phi) is 4.65. The lowest BCUT2D eigenvalue weighted by atomic mass is 10.00. The van der Waals surface area contributed by atoms with E-state index in [-0.39, 0.29) is 0 Å². The van der Waals surface area contributed by atoms with Crippen LogP contribution in [0.4, 0.5) is 11.5 Å². The molecule has 2 heterocycles. The maximum atomic E-state index is 6.32. The molecule has 5 heteroatoms. The van der Waals surface area contributed by atoms with Gasteiger partial charge in [-0.15, -0.1) is 0 Å². The topological polar surface area (TPSA) is 64.3 Å². The first-order chi connectivity index (χ1) is 11.2. The molecule has 1 unspecified atom stereocenters. The van der Waals surface area contributed by atoms with Crippen molar-refractivity contribution in [1.82, 2.24) is 9.97 Å². The molecule has 1 aromatic carbocycles. The fraction of sp³-hybridized carbons (Fsp3) is 0.444. The third kappa shape index (κ3) is 3.38. The summed E-state index contributed by atoms with van der Waals surface area (Å²) >= 11 is 0. The van der Waals surface area contributed by atoms with Crippen LogP contribution < -0.4 is 15.4 Å². The molecule has 1 atom stereocenters. The molecule has 3 rings (SSSR count). The van der Waals surface area contributed by atoms with Gasteiger partial charge in [0.1, 0.15) is 17.8 Å². The minimum absolute atomic E-state index is 0.430. The molecule has 122 valence electrons. The SMILES string of the molecule is CCC1CCCCN1c1ncnc(Oc2ccc(C)cc2)c1N. The van der Waals surface area contributed by atoms with Gasteiger partial charge in [0.2, 0.25) is 5.88 Å². The van der Waals surface area contributed by atoms with Crippen LogP contribution in [-0.4, -0.2) is 22.6 Å². The summed E-state index contributed by atoms with van der Waals surface area (Å²) in [4.78, 5) is 11.0. The second-order valence-electron chi connectivity index (χ2n) is 6.08. The smallest absolute Gasteiger partial charge is 0.248 e. The van der Waals surface area contributed by atoms with E-state index in [1.807, 2.05) is 31.2 Å². The van der Waals surface area contributed by atoms with Gasteiger partial charge in [0, 0.05) is 12.6 Å². The van der Waals surface area contributed by atoms with E-state index in [4.69, 9.17) is 10.5 Å². The van der Waals surface area contributed by atoms with Gasteiger partial charge in [0.25, 0.3) is 0 Å². The fourth-order valence-corrected chi connectivity index (χ4v) is 3.10. The predicted molar refractivity (Wildman–Crippen MR) is 93.0 cm³/mol. The molecule has 5 nitrogen and oxygen atoms in total. The average Bonchev–Trinajstić information content (AvgIpc) is 2.59. The van der Waals surface area contributed by atoms with Crippen LogP contribution in [0.2, 0.25) is 0 Å². The van der Waals surface area contributed by atoms with Gasteiger partial charge in [-0.25, -0.2) is 4.98 Å². The van der Waals surface area contributed by atoms with Crippen LogP contribution in [0, 0.1) is 6.92 Å². The Morgan fingerprint density at radius 2 is 2.00 bits per heavy atom. The molecule has 0 aliphatic carbocycles. The zero-order valence-electron chi connectivity index (χ0n) is 13.8. The van der Waals surface area contributed by atoms with Crippen molar-refractivity contribution in [1.29, 1.82) is 0 Å². The number of hydrogen-bond acceptors (Lipinski definition) is 5. The number of ether oxygens (including phenoxy) is 1. The Morgan fingerprint density at radius 1 is 1.22 bits per heavy atom. The van der Waals surface area contributed by atoms with Crippen molar-refractivity contribution in [2.75, 3.05) is 17.2 Å². The van der Waals surface area contributed by atoms with Gasteiger partial charge in [-0.3, -0.25) is 0 Å². The van der Waals surface area contributed by atoms with Crippen LogP contribution >= 0.6 is 0 Å². The number of anilines is 2. The molecule has 23 heavy (non-hydrogen) atoms. The largest absolute Gasteiger partial charge is 0.437 e. The summed E-state index contributed by atoms with van der Waals surface area (Å²) in [7, 11) is 0. The summed E-state index contributed by atoms with van der Waals surface area (Å²) in [5.41, 5.74) is 8.03. The lowest BCUT2D eigenvalue weighted by Gasteiger charge is -2.36. The molecule has 1 aromatic heterocycles. The molecule has 1 aliphatic rings. The molecular weight excluding hydrogens is 288 g/mol. The van der Waals surface area contributed by atoms with Crippen LogP contribution in [0.3, 0.4) is 0 Å². The van der Waals surface area contributed by atoms with Crippen molar-refractivity contribution in [3.63, 3.8) is 0 Å². The van der Waals surface area contributed by atoms with E-state index in [9.17, 15) is 0 Å². The van der Waals surface area contributed by atoms with Crippen LogP contribution in [0.25, 0.3) is 0 Å². The van der Waals surface area contributed by atoms with Crippen molar-refractivity contribution >= 4 is 11.5 Å². The zero-order chi connectivity index (χ0) is 16.2. The Morgan fingerprint density at radius 3 is 2.74 bits per heavy atom. The normalized spacial score (nSPS) is 18.0. The summed E-state index contributed by atoms with van der Waals surface area (Å²) in [6, 6.07) is 8.35. The second-order valence-corrected chi connectivity index (χ2v) is 6.08. The van der Waals surface area contributed by atoms with Gasteiger partial charge in [-0.1, -0.05) is 24.6 Å². The minimum Gasteiger partial charge on any atom is -0.437 e. The monoisotopic (exact) mass is 312 g/mol. The Balaban J connectivity index is 1.87. The summed E-state index contributed by atoms with van der Waals surface area (Å²) in [6.07, 6.45) is 6.27. The lowest BCUT2D eigenvalue weighted by Crippen LogP contribution is -2.40. The van der Waals surface area contributed by atoms with Crippen LogP contribution in [-0.2, 0) is 0 Å². The standard InChI is InChI=1S/C18H24N4O/c1-3-14-6-4-5-11-22(14)17-16(19)18(21-12-20-17)23-15-9-7-13(2)8-10-15/h7-10,12,14H,3-6,11,19H2,1-2H3. The summed E-state index contributed by atoms with van der Waals surface area (Å²) in [5.74, 6) is 1.96. The summed E-state index contributed by atoms with van der Waals surface area (Å²) < 4.78 is 5.86. The molecule has 2 N–H and O–H groups in total. The molecule has 0 radical (unpaired) electrons. The van der Waals surface area contributed by atoms with Gasteiger partial charge >= 0.3 is 0 Å². The number of benzene rings is 1. The van der Waals surface area contributed by atoms with Crippen molar-refractivity contribution in [3.8, 4) is 11.6 Å². The second kappa shape index (κ2) is 6.86. The highest BCUT2D eigenvalue weighted by atomic mass is 16.5. The highest BCUT2D eigenvalue weighted by Gasteiger charge is 2.25. The van der Waals surface area contributed by atoms with Crippen LogP contribution in [0.1, 0.15) is 38.2 Å². The van der Waals surface area contributed by atoms with Crippen LogP contribution in [0.15, 0.2) is 30.6 Å². The molecule has 2 aromatic rings. The van der Waals surface area contributed by atoms with Crippen molar-refractivity contribution in [2.24, 2.45) is 0 Å². The minimum atomic E-state index is 0.430. The number of rotatable bonds is 4. The maximum Gasteiger partial charge on any atom is 0.248 e. The first-order valence-electron chi connectivity index (χ1n) is 8.30. The maximum absolute atomic E-state index is 6.32. The highest BCUT2D eigenvalue weighted by Crippen LogP contribution is 2.34. The summed E-state index contributed by atoms with van der Waals surface area (Å²) in [5, 5.41) is 0. The molecule has 1 fully saturated rings. The van der Waals surface area contributed by atoms with E-state index in [1.54, 1.807) is 0 Å². The number of piperidine rings is 1. The molecule has 0 saturated carbocycles. The first-order valence-corrected chi connectivity index (χ1v) is 8.30. The number of hydrogen-bond donors (Lipinski definition) is 1. The third-order valence-corrected chi connectivity index (χ3v) is 4.43. The van der Waals surface area contributed by atoms with E-state index in [2.05, 4.69) is 21.8 Å². The molecular formula is C18H24N4O. The number of nitrogens with zero attached hydrogens (tertiary/aromatic N) is 3. The first kappa shape index (κ1) is 15.6. The molecule has 0 amide bonds. The number of aromatic nitrogens is 2. The predicted octanol–water partition coefficient (Wildman–Crippen LogP) is 3.93. The molecule has 1 saturated heterocycles. The number of nitrogen functional groups attached to an aromatic ring is 1. The summed E-state index contributed by atoms with van der Waals surface area (Å²) in [6.45, 7) is 5.25. The van der Waals surface area contributed by atoms with Crippen molar-refractivity contribution in [2.45, 2.75) is 45.6 Å². The number of aryl methyl sites for hydroxylation is 1. The fourth-order valence-electron chi connectivity index (χ4n) is 3.10. The van der Waals surface area contributed by atoms with Gasteiger partial charge in [-0.2, -0.15) is 4.98 Å². The molecule has 1 aliphatic heterocycles. The zero-order valence-corrected chi connectivity index (χ0v) is 13.8. The van der Waals surface area contributed by atoms with E-state index >= 15 is 0 Å². The van der Waals surface area contributed by atoms with Crippen molar-refractivity contribution in [3.05, 3.63) is 36.2 Å². The Bertz CT molecular complexity index is 657. The average molecular weight is 312 g/mol.